The first kappa shape index (κ1) is 20.6. The van der Waals surface area contributed by atoms with Crippen molar-refractivity contribution in [1.82, 2.24) is 5.32 Å². The summed E-state index contributed by atoms with van der Waals surface area (Å²) in [5.41, 5.74) is 4.87. The van der Waals surface area contributed by atoms with E-state index >= 15 is 0 Å². The lowest BCUT2D eigenvalue weighted by atomic mass is 9.94. The first-order chi connectivity index (χ1) is 13.0. The van der Waals surface area contributed by atoms with Crippen LogP contribution in [0, 0.1) is 12.7 Å². The lowest BCUT2D eigenvalue weighted by molar-refractivity contribution is 0.550. The van der Waals surface area contributed by atoms with E-state index in [-0.39, 0.29) is 5.82 Å². The maximum atomic E-state index is 14.5. The van der Waals surface area contributed by atoms with E-state index in [1.54, 1.807) is 18.4 Å². The second-order valence-corrected chi connectivity index (χ2v) is 6.70. The Morgan fingerprint density at radius 1 is 1.33 bits per heavy atom. The van der Waals surface area contributed by atoms with Gasteiger partial charge in [0.25, 0.3) is 0 Å². The molecule has 0 heterocycles. The van der Waals surface area contributed by atoms with Gasteiger partial charge in [0.1, 0.15) is 5.82 Å². The minimum Gasteiger partial charge on any atom is -0.385 e. The van der Waals surface area contributed by atoms with Crippen molar-refractivity contribution in [3.8, 4) is 11.1 Å². The van der Waals surface area contributed by atoms with Crippen molar-refractivity contribution in [3.63, 3.8) is 0 Å². The Kier molecular flexibility index (Phi) is 7.55. The summed E-state index contributed by atoms with van der Waals surface area (Å²) in [6, 6.07) is 9.44. The fourth-order valence-corrected chi connectivity index (χ4v) is 3.15. The Labute approximate surface area is 161 Å². The lowest BCUT2D eigenvalue weighted by Crippen LogP contribution is -2.21. The summed E-state index contributed by atoms with van der Waals surface area (Å²) in [4.78, 5) is 0. The number of aryl methyl sites for hydroxylation is 1. The van der Waals surface area contributed by atoms with Gasteiger partial charge in [-0.1, -0.05) is 24.8 Å². The Morgan fingerprint density at radius 2 is 2.11 bits per heavy atom. The van der Waals surface area contributed by atoms with E-state index in [0.29, 0.717) is 11.6 Å². The molecule has 0 spiro atoms. The van der Waals surface area contributed by atoms with E-state index in [4.69, 9.17) is 5.84 Å². The fourth-order valence-electron chi connectivity index (χ4n) is 3.15. The molecular weight excluding hydrogens is 339 g/mol. The third kappa shape index (κ3) is 5.17. The molecule has 4 N–H and O–H groups in total. The standard InChI is InChI=1S/C22H29FN4/c1-5-19-18(14-27-24)12-17(22-15(2)8-6-10-20(22)23)13-21(19)26-11-7-9-16(3)25-4/h5-6,8,10,12-14,16,25-26H,1,7,9,11,24H2,2-4H3/b27-14-. The average Bonchev–Trinajstić information content (AvgIpc) is 2.65. The predicted octanol–water partition coefficient (Wildman–Crippen LogP) is 4.54. The highest BCUT2D eigenvalue weighted by Crippen LogP contribution is 2.32. The number of halogens is 1. The maximum Gasteiger partial charge on any atom is 0.131 e. The number of anilines is 1. The molecule has 1 atom stereocenters. The zero-order chi connectivity index (χ0) is 19.8. The molecule has 144 valence electrons. The van der Waals surface area contributed by atoms with Gasteiger partial charge in [0, 0.05) is 35.0 Å². The van der Waals surface area contributed by atoms with E-state index in [1.807, 2.05) is 32.2 Å². The van der Waals surface area contributed by atoms with Crippen molar-refractivity contribution in [2.45, 2.75) is 32.7 Å². The Balaban J connectivity index is 2.42. The smallest absolute Gasteiger partial charge is 0.131 e. The molecule has 2 aromatic rings. The van der Waals surface area contributed by atoms with Crippen molar-refractivity contribution in [2.24, 2.45) is 10.9 Å². The van der Waals surface area contributed by atoms with Crippen LogP contribution in [-0.4, -0.2) is 25.8 Å². The topological polar surface area (TPSA) is 62.4 Å². The van der Waals surface area contributed by atoms with E-state index in [1.165, 1.54) is 6.07 Å². The van der Waals surface area contributed by atoms with Gasteiger partial charge in [-0.05, 0) is 63.1 Å². The quantitative estimate of drug-likeness (QED) is 0.264. The van der Waals surface area contributed by atoms with Crippen LogP contribution < -0.4 is 16.5 Å². The molecule has 0 saturated heterocycles. The summed E-state index contributed by atoms with van der Waals surface area (Å²) in [7, 11) is 1.96. The second kappa shape index (κ2) is 9.88. The molecule has 2 rings (SSSR count). The van der Waals surface area contributed by atoms with Crippen LogP contribution in [0.2, 0.25) is 0 Å². The van der Waals surface area contributed by atoms with Gasteiger partial charge in [-0.3, -0.25) is 0 Å². The summed E-state index contributed by atoms with van der Waals surface area (Å²) < 4.78 is 14.5. The minimum atomic E-state index is -0.245. The largest absolute Gasteiger partial charge is 0.385 e. The molecule has 27 heavy (non-hydrogen) atoms. The molecule has 5 heteroatoms. The zero-order valence-corrected chi connectivity index (χ0v) is 16.3. The van der Waals surface area contributed by atoms with Gasteiger partial charge in [-0.2, -0.15) is 5.10 Å². The molecule has 1 unspecified atom stereocenters. The average molecular weight is 369 g/mol. The van der Waals surface area contributed by atoms with Crippen LogP contribution in [0.15, 0.2) is 42.0 Å². The number of benzene rings is 2. The number of rotatable bonds is 9. The van der Waals surface area contributed by atoms with Crippen molar-refractivity contribution in [2.75, 3.05) is 18.9 Å². The SMILES string of the molecule is C=Cc1c(/C=N\N)cc(-c2c(C)cccc2F)cc1NCCCC(C)NC. The highest BCUT2D eigenvalue weighted by atomic mass is 19.1. The summed E-state index contributed by atoms with van der Waals surface area (Å²) in [5, 5.41) is 10.4. The summed E-state index contributed by atoms with van der Waals surface area (Å²) >= 11 is 0. The van der Waals surface area contributed by atoms with Gasteiger partial charge in [0.05, 0.1) is 6.21 Å². The van der Waals surface area contributed by atoms with Gasteiger partial charge in [-0.25, -0.2) is 4.39 Å². The van der Waals surface area contributed by atoms with Crippen LogP contribution >= 0.6 is 0 Å². The number of nitrogens with zero attached hydrogens (tertiary/aromatic N) is 1. The second-order valence-electron chi connectivity index (χ2n) is 6.70. The van der Waals surface area contributed by atoms with Crippen LogP contribution in [0.3, 0.4) is 0 Å². The summed E-state index contributed by atoms with van der Waals surface area (Å²) in [6.07, 6.45) is 5.43. The van der Waals surface area contributed by atoms with E-state index in [9.17, 15) is 4.39 Å². The zero-order valence-electron chi connectivity index (χ0n) is 16.3. The molecule has 0 fully saturated rings. The van der Waals surface area contributed by atoms with Crippen molar-refractivity contribution < 1.29 is 4.39 Å². The number of hydrazone groups is 1. The van der Waals surface area contributed by atoms with Crippen LogP contribution in [-0.2, 0) is 0 Å². The Morgan fingerprint density at radius 3 is 2.74 bits per heavy atom. The molecule has 0 aliphatic carbocycles. The minimum absolute atomic E-state index is 0.245. The molecule has 0 aliphatic heterocycles. The van der Waals surface area contributed by atoms with Crippen molar-refractivity contribution >= 4 is 18.0 Å². The molecule has 4 nitrogen and oxygen atoms in total. The van der Waals surface area contributed by atoms with Crippen molar-refractivity contribution in [3.05, 3.63) is 59.4 Å². The van der Waals surface area contributed by atoms with Crippen LogP contribution in [0.25, 0.3) is 17.2 Å². The van der Waals surface area contributed by atoms with E-state index in [0.717, 1.165) is 47.3 Å². The van der Waals surface area contributed by atoms with Gasteiger partial charge >= 0.3 is 0 Å². The molecule has 0 radical (unpaired) electrons. The van der Waals surface area contributed by atoms with Crippen LogP contribution in [0.5, 0.6) is 0 Å². The molecule has 0 bridgehead atoms. The third-order valence-electron chi connectivity index (χ3n) is 4.76. The van der Waals surface area contributed by atoms with Crippen LogP contribution in [0.1, 0.15) is 36.5 Å². The van der Waals surface area contributed by atoms with E-state index < -0.39 is 0 Å². The molecule has 0 saturated carbocycles. The molecule has 0 amide bonds. The molecule has 0 aliphatic rings. The van der Waals surface area contributed by atoms with Crippen molar-refractivity contribution in [1.29, 1.82) is 0 Å². The van der Waals surface area contributed by atoms with E-state index in [2.05, 4.69) is 29.2 Å². The van der Waals surface area contributed by atoms with Gasteiger partial charge in [-0.15, -0.1) is 0 Å². The third-order valence-corrected chi connectivity index (χ3v) is 4.76. The highest BCUT2D eigenvalue weighted by molar-refractivity contribution is 5.92. The Hall–Kier alpha value is -2.66. The Bertz CT molecular complexity index is 794. The van der Waals surface area contributed by atoms with Crippen LogP contribution in [0.4, 0.5) is 10.1 Å². The molecular formula is C22H29FN4. The lowest BCUT2D eigenvalue weighted by Gasteiger charge is -2.17. The first-order valence-corrected chi connectivity index (χ1v) is 9.22. The normalized spacial score (nSPS) is 12.3. The summed E-state index contributed by atoms with van der Waals surface area (Å²) in [6.45, 7) is 8.79. The van der Waals surface area contributed by atoms with Gasteiger partial charge in [0.15, 0.2) is 0 Å². The van der Waals surface area contributed by atoms with Gasteiger partial charge in [0.2, 0.25) is 0 Å². The first-order valence-electron chi connectivity index (χ1n) is 9.22. The number of nitrogens with two attached hydrogens (primary N) is 1. The molecule has 2 aromatic carbocycles. The highest BCUT2D eigenvalue weighted by Gasteiger charge is 2.13. The summed E-state index contributed by atoms with van der Waals surface area (Å²) in [5.74, 6) is 5.14. The monoisotopic (exact) mass is 368 g/mol. The number of nitrogens with one attached hydrogen (secondary N) is 2. The number of hydrogen-bond acceptors (Lipinski definition) is 4. The maximum absolute atomic E-state index is 14.5. The predicted molar refractivity (Wildman–Crippen MR) is 115 cm³/mol. The van der Waals surface area contributed by atoms with Gasteiger partial charge < -0.3 is 16.5 Å². The number of hydrogen-bond donors (Lipinski definition) is 3. The fraction of sp³-hybridized carbons (Fsp3) is 0.318. The molecule has 0 aromatic heterocycles.